The number of halogens is 1. The van der Waals surface area contributed by atoms with Crippen LogP contribution in [0.5, 0.6) is 0 Å². The molecule has 0 unspecified atom stereocenters. The van der Waals surface area contributed by atoms with Gasteiger partial charge in [-0.2, -0.15) is 0 Å². The van der Waals surface area contributed by atoms with Gasteiger partial charge in [-0.15, -0.1) is 0 Å². The number of hydrogen-bond acceptors (Lipinski definition) is 1. The maximum Gasteiger partial charge on any atom is 0.0648 e. The Morgan fingerprint density at radius 2 is 2.19 bits per heavy atom. The summed E-state index contributed by atoms with van der Waals surface area (Å²) in [4.78, 5) is 3.35. The maximum atomic E-state index is 6.15. The summed E-state index contributed by atoms with van der Waals surface area (Å²) in [5.41, 5.74) is 3.58. The number of rotatable bonds is 4. The summed E-state index contributed by atoms with van der Waals surface area (Å²) in [6.07, 6.45) is 1.15. The van der Waals surface area contributed by atoms with Crippen molar-refractivity contribution in [2.75, 3.05) is 6.54 Å². The average molecular weight is 237 g/mol. The Kier molecular flexibility index (Phi) is 3.52. The first kappa shape index (κ1) is 11.5. The highest BCUT2D eigenvalue weighted by Crippen LogP contribution is 2.27. The van der Waals surface area contributed by atoms with E-state index in [-0.39, 0.29) is 0 Å². The van der Waals surface area contributed by atoms with Gasteiger partial charge in [0.25, 0.3) is 0 Å². The molecule has 16 heavy (non-hydrogen) atoms. The number of aromatic nitrogens is 1. The molecule has 1 heterocycles. The molecule has 0 aliphatic rings. The van der Waals surface area contributed by atoms with Crippen LogP contribution in [0, 0.1) is 6.92 Å². The van der Waals surface area contributed by atoms with Gasteiger partial charge in [0.15, 0.2) is 0 Å². The summed E-state index contributed by atoms with van der Waals surface area (Å²) in [5, 5.41) is 5.45. The molecule has 0 amide bonds. The molecule has 0 fully saturated rings. The summed E-state index contributed by atoms with van der Waals surface area (Å²) in [5.74, 6) is 0. The number of aromatic amines is 1. The van der Waals surface area contributed by atoms with E-state index < -0.39 is 0 Å². The Bertz CT molecular complexity index is 488. The van der Waals surface area contributed by atoms with E-state index in [4.69, 9.17) is 11.6 Å². The summed E-state index contributed by atoms with van der Waals surface area (Å²) < 4.78 is 0. The third-order valence-electron chi connectivity index (χ3n) is 2.83. The fourth-order valence-electron chi connectivity index (χ4n) is 1.99. The second kappa shape index (κ2) is 4.89. The normalized spacial score (nSPS) is 11.2. The van der Waals surface area contributed by atoms with Gasteiger partial charge in [-0.25, -0.2) is 0 Å². The van der Waals surface area contributed by atoms with Gasteiger partial charge in [-0.05, 0) is 31.5 Å². The number of hydrogen-bond donors (Lipinski definition) is 2. The molecule has 0 saturated heterocycles. The predicted octanol–water partition coefficient (Wildman–Crippen LogP) is 3.63. The lowest BCUT2D eigenvalue weighted by Crippen LogP contribution is -2.14. The van der Waals surface area contributed by atoms with Crippen LogP contribution < -0.4 is 5.32 Å². The van der Waals surface area contributed by atoms with E-state index in [1.807, 2.05) is 12.1 Å². The van der Waals surface area contributed by atoms with Crippen LogP contribution >= 0.6 is 11.6 Å². The van der Waals surface area contributed by atoms with E-state index in [9.17, 15) is 0 Å². The van der Waals surface area contributed by atoms with Crippen LogP contribution in [0.15, 0.2) is 18.2 Å². The van der Waals surface area contributed by atoms with E-state index in [0.29, 0.717) is 0 Å². The van der Waals surface area contributed by atoms with Crippen molar-refractivity contribution in [1.82, 2.24) is 10.3 Å². The van der Waals surface area contributed by atoms with Gasteiger partial charge in [0, 0.05) is 17.6 Å². The fourth-order valence-corrected chi connectivity index (χ4v) is 2.21. The number of H-pyrrole nitrogens is 1. The molecule has 0 aliphatic heterocycles. The molecule has 2 rings (SSSR count). The van der Waals surface area contributed by atoms with Crippen LogP contribution in [0.2, 0.25) is 5.02 Å². The Morgan fingerprint density at radius 3 is 2.94 bits per heavy atom. The summed E-state index contributed by atoms with van der Waals surface area (Å²) in [6, 6.07) is 6.04. The molecule has 0 bridgehead atoms. The van der Waals surface area contributed by atoms with Crippen molar-refractivity contribution >= 4 is 22.5 Å². The first-order valence-corrected chi connectivity index (χ1v) is 6.08. The van der Waals surface area contributed by atoms with E-state index in [0.717, 1.165) is 30.0 Å². The van der Waals surface area contributed by atoms with Gasteiger partial charge in [0.1, 0.15) is 0 Å². The second-order valence-electron chi connectivity index (χ2n) is 4.07. The van der Waals surface area contributed by atoms with Gasteiger partial charge in [-0.1, -0.05) is 30.7 Å². The lowest BCUT2D eigenvalue weighted by atomic mass is 10.1. The standard InChI is InChI=1S/C13H17ClN2/c1-3-7-15-8-11-9(2)16-13-10(11)5-4-6-12(13)14/h4-6,15-16H,3,7-8H2,1-2H3. The van der Waals surface area contributed by atoms with Crippen molar-refractivity contribution in [2.45, 2.75) is 26.8 Å². The topological polar surface area (TPSA) is 27.8 Å². The van der Waals surface area contributed by atoms with E-state index in [1.165, 1.54) is 16.6 Å². The highest BCUT2D eigenvalue weighted by molar-refractivity contribution is 6.35. The minimum atomic E-state index is 0.794. The Labute approximate surface area is 101 Å². The van der Waals surface area contributed by atoms with Crippen molar-refractivity contribution in [3.63, 3.8) is 0 Å². The van der Waals surface area contributed by atoms with Crippen molar-refractivity contribution in [3.05, 3.63) is 34.5 Å². The fraction of sp³-hybridized carbons (Fsp3) is 0.385. The zero-order valence-corrected chi connectivity index (χ0v) is 10.5. The van der Waals surface area contributed by atoms with Crippen molar-refractivity contribution in [1.29, 1.82) is 0 Å². The largest absolute Gasteiger partial charge is 0.357 e. The van der Waals surface area contributed by atoms with Crippen LogP contribution in [0.25, 0.3) is 10.9 Å². The van der Waals surface area contributed by atoms with Crippen LogP contribution in [0.1, 0.15) is 24.6 Å². The zero-order valence-electron chi connectivity index (χ0n) is 9.73. The van der Waals surface area contributed by atoms with E-state index in [1.54, 1.807) is 0 Å². The van der Waals surface area contributed by atoms with Crippen LogP contribution in [-0.2, 0) is 6.54 Å². The molecule has 2 N–H and O–H groups in total. The van der Waals surface area contributed by atoms with Crippen molar-refractivity contribution in [2.24, 2.45) is 0 Å². The van der Waals surface area contributed by atoms with Crippen LogP contribution in [0.3, 0.4) is 0 Å². The zero-order chi connectivity index (χ0) is 11.5. The quantitative estimate of drug-likeness (QED) is 0.780. The first-order chi connectivity index (χ1) is 7.74. The van der Waals surface area contributed by atoms with Crippen LogP contribution in [0.4, 0.5) is 0 Å². The number of fused-ring (bicyclic) bond motifs is 1. The smallest absolute Gasteiger partial charge is 0.0648 e. The molecule has 0 aliphatic carbocycles. The van der Waals surface area contributed by atoms with Crippen molar-refractivity contribution < 1.29 is 0 Å². The lowest BCUT2D eigenvalue weighted by molar-refractivity contribution is 0.675. The Morgan fingerprint density at radius 1 is 1.38 bits per heavy atom. The summed E-state index contributed by atoms with van der Waals surface area (Å²) in [7, 11) is 0. The van der Waals surface area contributed by atoms with Crippen molar-refractivity contribution in [3.8, 4) is 0 Å². The van der Waals surface area contributed by atoms with Gasteiger partial charge in [-0.3, -0.25) is 0 Å². The molecule has 2 aromatic rings. The molecule has 0 radical (unpaired) electrons. The SMILES string of the molecule is CCCNCc1c(C)[nH]c2c(Cl)cccc12. The summed E-state index contributed by atoms with van der Waals surface area (Å²) >= 11 is 6.15. The van der Waals surface area contributed by atoms with Gasteiger partial charge in [0.2, 0.25) is 0 Å². The number of para-hydroxylation sites is 1. The molecule has 86 valence electrons. The molecule has 3 heteroatoms. The highest BCUT2D eigenvalue weighted by Gasteiger charge is 2.09. The minimum Gasteiger partial charge on any atom is -0.357 e. The highest BCUT2D eigenvalue weighted by atomic mass is 35.5. The third-order valence-corrected chi connectivity index (χ3v) is 3.15. The Hall–Kier alpha value is -0.990. The number of aryl methyl sites for hydroxylation is 1. The number of nitrogens with one attached hydrogen (secondary N) is 2. The third kappa shape index (κ3) is 2.08. The second-order valence-corrected chi connectivity index (χ2v) is 4.47. The molecule has 1 aromatic heterocycles. The van der Waals surface area contributed by atoms with Gasteiger partial charge in [0.05, 0.1) is 10.5 Å². The first-order valence-electron chi connectivity index (χ1n) is 5.70. The maximum absolute atomic E-state index is 6.15. The molecule has 0 spiro atoms. The predicted molar refractivity (Wildman–Crippen MR) is 70.0 cm³/mol. The molecule has 0 saturated carbocycles. The van der Waals surface area contributed by atoms with E-state index >= 15 is 0 Å². The Balaban J connectivity index is 2.36. The lowest BCUT2D eigenvalue weighted by Gasteiger charge is -2.03. The van der Waals surface area contributed by atoms with Gasteiger partial charge >= 0.3 is 0 Å². The average Bonchev–Trinajstić information content (AvgIpc) is 2.58. The monoisotopic (exact) mass is 236 g/mol. The molecule has 2 nitrogen and oxygen atoms in total. The molecular formula is C13H17ClN2. The van der Waals surface area contributed by atoms with Gasteiger partial charge < -0.3 is 10.3 Å². The number of benzene rings is 1. The molecular weight excluding hydrogens is 220 g/mol. The molecule has 1 aromatic carbocycles. The van der Waals surface area contributed by atoms with E-state index in [2.05, 4.69) is 30.2 Å². The summed E-state index contributed by atoms with van der Waals surface area (Å²) in [6.45, 7) is 6.22. The molecule has 0 atom stereocenters. The minimum absolute atomic E-state index is 0.794. The van der Waals surface area contributed by atoms with Crippen LogP contribution in [-0.4, -0.2) is 11.5 Å².